The van der Waals surface area contributed by atoms with Gasteiger partial charge in [0.25, 0.3) is 0 Å². The molecule has 0 saturated heterocycles. The molecule has 0 aromatic carbocycles. The normalized spacial score (nSPS) is 12.0. The number of aryl methyl sites for hydroxylation is 1. The van der Waals surface area contributed by atoms with Gasteiger partial charge in [0.15, 0.2) is 0 Å². The van der Waals surface area contributed by atoms with E-state index in [4.69, 9.17) is 5.21 Å². The number of nitrogens with one attached hydrogen (secondary N) is 1. The van der Waals surface area contributed by atoms with Crippen molar-refractivity contribution >= 4 is 17.0 Å². The van der Waals surface area contributed by atoms with Gasteiger partial charge in [-0.1, -0.05) is 16.5 Å². The van der Waals surface area contributed by atoms with Crippen LogP contribution in [-0.4, -0.2) is 10.9 Å². The number of H-pyrrole nitrogens is 1. The SMILES string of the molecule is CC(=NO)c1csc(C)[nH+]1. The molecular weight excluding hydrogens is 148 g/mol. The van der Waals surface area contributed by atoms with Crippen LogP contribution >= 0.6 is 11.3 Å². The summed E-state index contributed by atoms with van der Waals surface area (Å²) >= 11 is 1.60. The zero-order valence-corrected chi connectivity index (χ0v) is 6.70. The van der Waals surface area contributed by atoms with Crippen LogP contribution in [0.1, 0.15) is 17.6 Å². The lowest BCUT2D eigenvalue weighted by molar-refractivity contribution is -0.381. The maximum Gasteiger partial charge on any atom is 0.239 e. The highest BCUT2D eigenvalue weighted by Crippen LogP contribution is 2.02. The van der Waals surface area contributed by atoms with Crippen LogP contribution in [0.3, 0.4) is 0 Å². The van der Waals surface area contributed by atoms with Crippen molar-refractivity contribution in [3.63, 3.8) is 0 Å². The van der Waals surface area contributed by atoms with E-state index in [1.54, 1.807) is 18.3 Å². The third kappa shape index (κ3) is 1.33. The first-order valence-corrected chi connectivity index (χ1v) is 3.78. The number of aromatic nitrogens is 1. The van der Waals surface area contributed by atoms with Crippen LogP contribution in [0.4, 0.5) is 0 Å². The third-order valence-electron chi connectivity index (χ3n) is 1.20. The topological polar surface area (TPSA) is 46.7 Å². The summed E-state index contributed by atoms with van der Waals surface area (Å²) in [4.78, 5) is 3.05. The van der Waals surface area contributed by atoms with E-state index in [1.165, 1.54) is 0 Å². The van der Waals surface area contributed by atoms with Crippen LogP contribution in [-0.2, 0) is 0 Å². The Hall–Kier alpha value is -0.900. The summed E-state index contributed by atoms with van der Waals surface area (Å²) in [6.45, 7) is 3.72. The molecule has 3 nitrogen and oxygen atoms in total. The third-order valence-corrected chi connectivity index (χ3v) is 2.01. The Bertz CT molecular complexity index is 254. The number of hydrogen-bond donors (Lipinski definition) is 1. The van der Waals surface area contributed by atoms with E-state index in [0.717, 1.165) is 10.7 Å². The first-order valence-electron chi connectivity index (χ1n) is 2.90. The van der Waals surface area contributed by atoms with Crippen LogP contribution in [0.2, 0.25) is 0 Å². The summed E-state index contributed by atoms with van der Waals surface area (Å²) in [7, 11) is 0. The Morgan fingerprint density at radius 3 is 2.90 bits per heavy atom. The summed E-state index contributed by atoms with van der Waals surface area (Å²) in [6.07, 6.45) is 0. The maximum atomic E-state index is 8.37. The molecule has 1 rings (SSSR count). The molecule has 0 aliphatic carbocycles. The number of aromatic amines is 1. The summed E-state index contributed by atoms with van der Waals surface area (Å²) in [5, 5.41) is 14.5. The van der Waals surface area contributed by atoms with E-state index in [0.29, 0.717) is 5.71 Å². The molecule has 0 radical (unpaired) electrons. The standard InChI is InChI=1S/C6H8N2OS/c1-4(8-9)6-3-10-5(2)7-6/h3,9H,1-2H3/p+1. The largest absolute Gasteiger partial charge is 0.410 e. The number of hydrogen-bond acceptors (Lipinski definition) is 3. The number of nitrogens with zero attached hydrogens (tertiary/aromatic N) is 1. The van der Waals surface area contributed by atoms with E-state index in [-0.39, 0.29) is 0 Å². The van der Waals surface area contributed by atoms with Crippen molar-refractivity contribution in [2.24, 2.45) is 5.16 Å². The molecule has 0 amide bonds. The van der Waals surface area contributed by atoms with Gasteiger partial charge < -0.3 is 5.21 Å². The molecule has 10 heavy (non-hydrogen) atoms. The van der Waals surface area contributed by atoms with Crippen molar-refractivity contribution in [3.8, 4) is 0 Å². The van der Waals surface area contributed by atoms with Crippen LogP contribution in [0.5, 0.6) is 0 Å². The fraction of sp³-hybridized carbons (Fsp3) is 0.333. The maximum absolute atomic E-state index is 8.37. The monoisotopic (exact) mass is 157 g/mol. The van der Waals surface area contributed by atoms with E-state index >= 15 is 0 Å². The predicted molar refractivity (Wildman–Crippen MR) is 39.6 cm³/mol. The smallest absolute Gasteiger partial charge is 0.239 e. The Balaban J connectivity index is 2.95. The summed E-state index contributed by atoms with van der Waals surface area (Å²) in [5.41, 5.74) is 1.49. The minimum Gasteiger partial charge on any atom is -0.410 e. The average Bonchev–Trinajstić information content (AvgIpc) is 2.34. The highest BCUT2D eigenvalue weighted by molar-refractivity contribution is 7.09. The van der Waals surface area contributed by atoms with Gasteiger partial charge in [0, 0.05) is 6.92 Å². The van der Waals surface area contributed by atoms with Gasteiger partial charge in [0.05, 0.1) is 5.38 Å². The Kier molecular flexibility index (Phi) is 2.01. The zero-order valence-electron chi connectivity index (χ0n) is 5.88. The molecular formula is C6H9N2OS+. The zero-order chi connectivity index (χ0) is 7.56. The highest BCUT2D eigenvalue weighted by Gasteiger charge is 2.08. The van der Waals surface area contributed by atoms with E-state index in [9.17, 15) is 0 Å². The lowest BCUT2D eigenvalue weighted by Gasteiger charge is -1.80. The number of rotatable bonds is 1. The fourth-order valence-corrected chi connectivity index (χ4v) is 1.32. The Morgan fingerprint density at radius 1 is 1.80 bits per heavy atom. The van der Waals surface area contributed by atoms with Gasteiger partial charge in [-0.25, -0.2) is 0 Å². The second-order valence-electron chi connectivity index (χ2n) is 2.02. The Morgan fingerprint density at radius 2 is 2.50 bits per heavy atom. The molecule has 1 heterocycles. The van der Waals surface area contributed by atoms with Gasteiger partial charge in [0.1, 0.15) is 5.71 Å². The number of oxime groups is 1. The van der Waals surface area contributed by atoms with Crippen LogP contribution < -0.4 is 4.98 Å². The van der Waals surface area contributed by atoms with E-state index in [1.807, 2.05) is 12.3 Å². The highest BCUT2D eigenvalue weighted by atomic mass is 32.1. The minimum absolute atomic E-state index is 0.615. The molecule has 0 atom stereocenters. The lowest BCUT2D eigenvalue weighted by atomic mass is 10.3. The van der Waals surface area contributed by atoms with Crippen molar-refractivity contribution in [2.45, 2.75) is 13.8 Å². The van der Waals surface area contributed by atoms with Gasteiger partial charge in [0.2, 0.25) is 10.7 Å². The molecule has 54 valence electrons. The molecule has 0 fully saturated rings. The van der Waals surface area contributed by atoms with Gasteiger partial charge in [-0.3, -0.25) is 0 Å². The van der Waals surface area contributed by atoms with Crippen molar-refractivity contribution in [1.29, 1.82) is 0 Å². The van der Waals surface area contributed by atoms with Crippen LogP contribution in [0.25, 0.3) is 0 Å². The fourth-order valence-electron chi connectivity index (χ4n) is 0.625. The van der Waals surface area contributed by atoms with Crippen molar-refractivity contribution in [1.82, 2.24) is 0 Å². The molecule has 0 aliphatic heterocycles. The van der Waals surface area contributed by atoms with Gasteiger partial charge >= 0.3 is 0 Å². The molecule has 0 bridgehead atoms. The van der Waals surface area contributed by atoms with Gasteiger partial charge in [-0.05, 0) is 6.92 Å². The average molecular weight is 157 g/mol. The molecule has 1 aromatic rings. The molecule has 1 aromatic heterocycles. The van der Waals surface area contributed by atoms with E-state index in [2.05, 4.69) is 10.1 Å². The van der Waals surface area contributed by atoms with Crippen LogP contribution in [0, 0.1) is 6.92 Å². The molecule has 2 N–H and O–H groups in total. The first-order chi connectivity index (χ1) is 4.74. The van der Waals surface area contributed by atoms with Gasteiger partial charge in [-0.15, -0.1) is 0 Å². The molecule has 4 heteroatoms. The van der Waals surface area contributed by atoms with Crippen LogP contribution in [0.15, 0.2) is 10.5 Å². The van der Waals surface area contributed by atoms with Crippen molar-refractivity contribution < 1.29 is 10.2 Å². The Labute approximate surface area is 63.0 Å². The quantitative estimate of drug-likeness (QED) is 0.370. The molecule has 0 saturated carbocycles. The summed E-state index contributed by atoms with van der Waals surface area (Å²) in [6, 6.07) is 0. The molecule has 0 aliphatic rings. The molecule has 0 unspecified atom stereocenters. The van der Waals surface area contributed by atoms with Crippen molar-refractivity contribution in [2.75, 3.05) is 0 Å². The lowest BCUT2D eigenvalue weighted by Crippen LogP contribution is -2.12. The van der Waals surface area contributed by atoms with Gasteiger partial charge in [-0.2, -0.15) is 4.98 Å². The predicted octanol–water partition coefficient (Wildman–Crippen LogP) is 1.07. The second-order valence-corrected chi connectivity index (χ2v) is 3.10. The first kappa shape index (κ1) is 7.21. The van der Waals surface area contributed by atoms with Crippen molar-refractivity contribution in [3.05, 3.63) is 16.1 Å². The molecule has 0 spiro atoms. The number of thiazole rings is 1. The summed E-state index contributed by atoms with van der Waals surface area (Å²) in [5.74, 6) is 0. The van der Waals surface area contributed by atoms with E-state index < -0.39 is 0 Å². The summed E-state index contributed by atoms with van der Waals surface area (Å²) < 4.78 is 0. The minimum atomic E-state index is 0.615. The second kappa shape index (κ2) is 2.79.